The second-order valence-corrected chi connectivity index (χ2v) is 9.83. The van der Waals surface area contributed by atoms with Crippen LogP contribution in [0.25, 0.3) is 0 Å². The van der Waals surface area contributed by atoms with Crippen molar-refractivity contribution in [1.82, 2.24) is 0 Å². The van der Waals surface area contributed by atoms with Gasteiger partial charge in [0, 0.05) is 46.7 Å². The minimum absolute atomic E-state index is 0.0432. The topological polar surface area (TPSA) is 55.8 Å². The third-order valence-corrected chi connectivity index (χ3v) is 6.65. The predicted octanol–water partition coefficient (Wildman–Crippen LogP) is 6.17. The van der Waals surface area contributed by atoms with E-state index in [-0.39, 0.29) is 23.5 Å². The lowest BCUT2D eigenvalue weighted by Gasteiger charge is -2.43. The molecule has 0 fully saturated rings. The van der Waals surface area contributed by atoms with E-state index in [0.717, 1.165) is 5.56 Å². The molecule has 1 aliphatic heterocycles. The van der Waals surface area contributed by atoms with Gasteiger partial charge in [0.25, 0.3) is 0 Å². The fraction of sp³-hybridized carbons (Fsp3) is 0.360. The Morgan fingerprint density at radius 2 is 1.75 bits per heavy atom. The Morgan fingerprint density at radius 1 is 1.00 bits per heavy atom. The van der Waals surface area contributed by atoms with E-state index in [1.54, 1.807) is 43.4 Å². The average molecular weight is 474 g/mol. The summed E-state index contributed by atoms with van der Waals surface area (Å²) in [7, 11) is 3.16. The van der Waals surface area contributed by atoms with E-state index < -0.39 is 5.92 Å². The van der Waals surface area contributed by atoms with Crippen molar-refractivity contribution in [2.45, 2.75) is 39.0 Å². The number of hydrogen-bond donors (Lipinski definition) is 0. The maximum absolute atomic E-state index is 13.5. The molecule has 7 heteroatoms. The van der Waals surface area contributed by atoms with E-state index in [2.05, 4.69) is 0 Å². The molecule has 1 unspecified atom stereocenters. The zero-order valence-corrected chi connectivity index (χ0v) is 20.0. The van der Waals surface area contributed by atoms with E-state index in [1.807, 2.05) is 26.0 Å². The molecule has 0 bridgehead atoms. The molecule has 0 saturated carbocycles. The van der Waals surface area contributed by atoms with Gasteiger partial charge in [-0.1, -0.05) is 43.1 Å². The summed E-state index contributed by atoms with van der Waals surface area (Å²) in [5.41, 5.74) is 2.41. The molecule has 0 spiro atoms. The van der Waals surface area contributed by atoms with Crippen LogP contribution in [0.15, 0.2) is 47.7 Å². The van der Waals surface area contributed by atoms with E-state index >= 15 is 0 Å². The Kier molecular flexibility index (Phi) is 5.99. The van der Waals surface area contributed by atoms with Gasteiger partial charge in [-0.25, -0.2) is 0 Å². The molecule has 5 nitrogen and oxygen atoms in total. The van der Waals surface area contributed by atoms with Crippen LogP contribution >= 0.6 is 23.2 Å². The molecule has 1 heterocycles. The van der Waals surface area contributed by atoms with Gasteiger partial charge in [-0.3, -0.25) is 14.5 Å². The summed E-state index contributed by atoms with van der Waals surface area (Å²) in [5.74, 6) is 0.754. The summed E-state index contributed by atoms with van der Waals surface area (Å²) < 4.78 is 10.9. The second-order valence-electron chi connectivity index (χ2n) is 8.99. The lowest BCUT2D eigenvalue weighted by atomic mass is 9.69. The van der Waals surface area contributed by atoms with Gasteiger partial charge in [-0.05, 0) is 36.1 Å². The maximum atomic E-state index is 13.5. The number of amides is 1. The standard InChI is InChI=1S/C25H25Cl2NO4/c1-25(2)12-20-24(21(29)13-25)17(16-7-6-15(31-3)10-22(16)32-4)11-23(30)28(20)19-8-5-14(26)9-18(19)27/h5-10,17H,11-13H2,1-4H3. The summed E-state index contributed by atoms with van der Waals surface area (Å²) >= 11 is 12.6. The van der Waals surface area contributed by atoms with Crippen LogP contribution in [-0.4, -0.2) is 25.9 Å². The Hall–Kier alpha value is -2.50. The van der Waals surface area contributed by atoms with Crippen LogP contribution in [0.1, 0.15) is 44.6 Å². The number of methoxy groups -OCH3 is 2. The third-order valence-electron chi connectivity index (χ3n) is 6.11. The number of carbonyl (C=O) groups excluding carboxylic acids is 2. The molecular weight excluding hydrogens is 449 g/mol. The number of anilines is 1. The zero-order valence-electron chi connectivity index (χ0n) is 18.5. The quantitative estimate of drug-likeness (QED) is 0.532. The Labute approximate surface area is 197 Å². The number of ether oxygens (including phenoxy) is 2. The molecule has 2 aromatic carbocycles. The fourth-order valence-corrected chi connectivity index (χ4v) is 5.22. The van der Waals surface area contributed by atoms with Crippen LogP contribution in [0.3, 0.4) is 0 Å². The SMILES string of the molecule is COc1ccc(C2CC(=O)N(c3ccc(Cl)cc3Cl)C3=C2C(=O)CC(C)(C)C3)c(OC)c1. The van der Waals surface area contributed by atoms with Gasteiger partial charge < -0.3 is 9.47 Å². The predicted molar refractivity (Wildman–Crippen MR) is 126 cm³/mol. The normalized spacial score (nSPS) is 20.3. The number of nitrogens with zero attached hydrogens (tertiary/aromatic N) is 1. The molecule has 2 aliphatic rings. The van der Waals surface area contributed by atoms with Crippen LogP contribution < -0.4 is 14.4 Å². The first-order valence-electron chi connectivity index (χ1n) is 10.4. The van der Waals surface area contributed by atoms with Gasteiger partial charge >= 0.3 is 0 Å². The van der Waals surface area contributed by atoms with Crippen LogP contribution in [0.5, 0.6) is 11.5 Å². The number of ketones is 1. The highest BCUT2D eigenvalue weighted by atomic mass is 35.5. The molecule has 0 radical (unpaired) electrons. The molecule has 168 valence electrons. The molecular formula is C25H25Cl2NO4. The molecule has 32 heavy (non-hydrogen) atoms. The van der Waals surface area contributed by atoms with Gasteiger partial charge in [0.2, 0.25) is 5.91 Å². The average Bonchev–Trinajstić information content (AvgIpc) is 2.72. The van der Waals surface area contributed by atoms with E-state index in [0.29, 0.717) is 51.3 Å². The summed E-state index contributed by atoms with van der Waals surface area (Å²) in [6.07, 6.45) is 1.12. The Bertz CT molecular complexity index is 1140. The van der Waals surface area contributed by atoms with Crippen molar-refractivity contribution >= 4 is 40.6 Å². The highest BCUT2D eigenvalue weighted by Gasteiger charge is 2.45. The molecule has 4 rings (SSSR count). The summed E-state index contributed by atoms with van der Waals surface area (Å²) in [5, 5.41) is 0.854. The first-order valence-corrected chi connectivity index (χ1v) is 11.2. The van der Waals surface area contributed by atoms with Crippen molar-refractivity contribution in [2.75, 3.05) is 19.1 Å². The molecule has 0 aromatic heterocycles. The van der Waals surface area contributed by atoms with Crippen LogP contribution in [0.2, 0.25) is 10.0 Å². The highest BCUT2D eigenvalue weighted by Crippen LogP contribution is 2.50. The third kappa shape index (κ3) is 4.00. The molecule has 0 N–H and O–H groups in total. The summed E-state index contributed by atoms with van der Waals surface area (Å²) in [4.78, 5) is 28.6. The van der Waals surface area contributed by atoms with Crippen LogP contribution in [0, 0.1) is 5.41 Å². The second kappa shape index (κ2) is 8.45. The summed E-state index contributed by atoms with van der Waals surface area (Å²) in [6, 6.07) is 10.5. The van der Waals surface area contributed by atoms with Gasteiger partial charge in [-0.2, -0.15) is 0 Å². The molecule has 0 saturated heterocycles. The van der Waals surface area contributed by atoms with Crippen molar-refractivity contribution in [3.05, 3.63) is 63.3 Å². The smallest absolute Gasteiger partial charge is 0.232 e. The number of Topliss-reactive ketones (excluding diaryl/α,β-unsaturated/α-hetero) is 1. The van der Waals surface area contributed by atoms with Crippen molar-refractivity contribution in [3.8, 4) is 11.5 Å². The monoisotopic (exact) mass is 473 g/mol. The van der Waals surface area contributed by atoms with Crippen LogP contribution in [0.4, 0.5) is 5.69 Å². The van der Waals surface area contributed by atoms with E-state index in [9.17, 15) is 9.59 Å². The van der Waals surface area contributed by atoms with E-state index in [1.165, 1.54) is 0 Å². The van der Waals surface area contributed by atoms with Gasteiger partial charge in [0.05, 0.1) is 24.9 Å². The highest BCUT2D eigenvalue weighted by molar-refractivity contribution is 6.37. The minimum atomic E-state index is -0.399. The molecule has 1 amide bonds. The Morgan fingerprint density at radius 3 is 2.41 bits per heavy atom. The van der Waals surface area contributed by atoms with Gasteiger partial charge in [0.1, 0.15) is 11.5 Å². The largest absolute Gasteiger partial charge is 0.497 e. The van der Waals surface area contributed by atoms with Crippen LogP contribution in [-0.2, 0) is 9.59 Å². The summed E-state index contributed by atoms with van der Waals surface area (Å²) in [6.45, 7) is 4.08. The Balaban J connectivity index is 1.93. The number of allylic oxidation sites excluding steroid dienone is 2. The van der Waals surface area contributed by atoms with Crippen molar-refractivity contribution in [2.24, 2.45) is 5.41 Å². The van der Waals surface area contributed by atoms with Gasteiger partial charge in [-0.15, -0.1) is 0 Å². The van der Waals surface area contributed by atoms with Crippen molar-refractivity contribution < 1.29 is 19.1 Å². The first-order chi connectivity index (χ1) is 15.1. The lowest BCUT2D eigenvalue weighted by Crippen LogP contribution is -2.43. The zero-order chi connectivity index (χ0) is 23.2. The van der Waals surface area contributed by atoms with E-state index in [4.69, 9.17) is 32.7 Å². The number of carbonyl (C=O) groups is 2. The van der Waals surface area contributed by atoms with Crippen molar-refractivity contribution in [1.29, 1.82) is 0 Å². The number of benzene rings is 2. The minimum Gasteiger partial charge on any atom is -0.497 e. The molecule has 2 aromatic rings. The van der Waals surface area contributed by atoms with Gasteiger partial charge in [0.15, 0.2) is 5.78 Å². The molecule has 1 atom stereocenters. The first kappa shape index (κ1) is 22.7. The fourth-order valence-electron chi connectivity index (χ4n) is 4.73. The number of hydrogen-bond acceptors (Lipinski definition) is 4. The maximum Gasteiger partial charge on any atom is 0.232 e. The number of rotatable bonds is 4. The number of halogens is 2. The molecule has 1 aliphatic carbocycles. The lowest BCUT2D eigenvalue weighted by molar-refractivity contribution is -0.121. The van der Waals surface area contributed by atoms with Crippen molar-refractivity contribution in [3.63, 3.8) is 0 Å².